The Bertz CT molecular complexity index is 546. The summed E-state index contributed by atoms with van der Waals surface area (Å²) < 4.78 is 13.7. The third kappa shape index (κ3) is 3.00. The minimum atomic E-state index is -0.186. The molecule has 0 aliphatic rings. The number of hydrogen-bond donors (Lipinski definition) is 2. The van der Waals surface area contributed by atoms with Gasteiger partial charge in [-0.2, -0.15) is 0 Å². The summed E-state index contributed by atoms with van der Waals surface area (Å²) in [5.74, 6) is 5.48. The van der Waals surface area contributed by atoms with Crippen LogP contribution >= 0.6 is 0 Å². The Hall–Kier alpha value is -1.71. The highest BCUT2D eigenvalue weighted by atomic mass is 19.1. The highest BCUT2D eigenvalue weighted by Gasteiger charge is 2.16. The molecule has 0 fully saturated rings. The zero-order chi connectivity index (χ0) is 13.8. The first-order valence-electron chi connectivity index (χ1n) is 6.39. The van der Waals surface area contributed by atoms with Crippen LogP contribution in [0.1, 0.15) is 28.3 Å². The van der Waals surface area contributed by atoms with Gasteiger partial charge in [-0.05, 0) is 48.6 Å². The van der Waals surface area contributed by atoms with Crippen molar-refractivity contribution in [2.45, 2.75) is 26.3 Å². The van der Waals surface area contributed by atoms with Crippen molar-refractivity contribution in [3.63, 3.8) is 0 Å². The van der Waals surface area contributed by atoms with Crippen LogP contribution in [0.15, 0.2) is 42.5 Å². The molecule has 0 bridgehead atoms. The van der Waals surface area contributed by atoms with Crippen molar-refractivity contribution >= 4 is 0 Å². The molecule has 1 unspecified atom stereocenters. The largest absolute Gasteiger partial charge is 0.271 e. The number of aryl methyl sites for hydroxylation is 2. The Labute approximate surface area is 113 Å². The van der Waals surface area contributed by atoms with Gasteiger partial charge >= 0.3 is 0 Å². The normalized spacial score (nSPS) is 12.4. The summed E-state index contributed by atoms with van der Waals surface area (Å²) in [4.78, 5) is 0. The number of hydrazine groups is 1. The van der Waals surface area contributed by atoms with Crippen molar-refractivity contribution in [3.8, 4) is 0 Å². The maximum absolute atomic E-state index is 13.7. The quantitative estimate of drug-likeness (QED) is 0.653. The summed E-state index contributed by atoms with van der Waals surface area (Å²) in [6, 6.07) is 12.9. The van der Waals surface area contributed by atoms with Gasteiger partial charge in [0.05, 0.1) is 6.04 Å². The van der Waals surface area contributed by atoms with Gasteiger partial charge < -0.3 is 0 Å². The number of rotatable bonds is 4. The summed E-state index contributed by atoms with van der Waals surface area (Å²) in [6.07, 6.45) is 0.537. The summed E-state index contributed by atoms with van der Waals surface area (Å²) in [6.45, 7) is 4.10. The summed E-state index contributed by atoms with van der Waals surface area (Å²) in [5, 5.41) is 0. The van der Waals surface area contributed by atoms with E-state index in [4.69, 9.17) is 5.84 Å². The van der Waals surface area contributed by atoms with Crippen LogP contribution in [0.3, 0.4) is 0 Å². The Balaban J connectivity index is 2.34. The van der Waals surface area contributed by atoms with E-state index in [9.17, 15) is 4.39 Å². The van der Waals surface area contributed by atoms with Gasteiger partial charge in [0.1, 0.15) is 5.82 Å². The van der Waals surface area contributed by atoms with Gasteiger partial charge in [0.2, 0.25) is 0 Å². The van der Waals surface area contributed by atoms with E-state index < -0.39 is 0 Å². The second-order valence-electron chi connectivity index (χ2n) is 4.82. The molecule has 0 saturated heterocycles. The molecule has 3 N–H and O–H groups in total. The van der Waals surface area contributed by atoms with Gasteiger partial charge in [-0.3, -0.25) is 11.3 Å². The van der Waals surface area contributed by atoms with Crippen LogP contribution in [0.5, 0.6) is 0 Å². The molecular formula is C16H19FN2. The van der Waals surface area contributed by atoms with E-state index in [2.05, 4.69) is 5.43 Å². The van der Waals surface area contributed by atoms with Gasteiger partial charge in [-0.15, -0.1) is 0 Å². The molecule has 2 nitrogen and oxygen atoms in total. The lowest BCUT2D eigenvalue weighted by atomic mass is 9.92. The third-order valence-electron chi connectivity index (χ3n) is 3.47. The zero-order valence-electron chi connectivity index (χ0n) is 11.3. The fourth-order valence-electron chi connectivity index (χ4n) is 2.51. The minimum absolute atomic E-state index is 0.0851. The average Bonchev–Trinajstić information content (AvgIpc) is 2.39. The van der Waals surface area contributed by atoms with Crippen molar-refractivity contribution in [2.75, 3.05) is 0 Å². The van der Waals surface area contributed by atoms with E-state index in [1.165, 1.54) is 17.2 Å². The van der Waals surface area contributed by atoms with Crippen LogP contribution in [0, 0.1) is 19.7 Å². The first-order valence-corrected chi connectivity index (χ1v) is 6.39. The first-order chi connectivity index (χ1) is 9.13. The molecule has 3 heteroatoms. The maximum Gasteiger partial charge on any atom is 0.126 e. The van der Waals surface area contributed by atoms with E-state index in [1.807, 2.05) is 38.1 Å². The second-order valence-corrected chi connectivity index (χ2v) is 4.82. The monoisotopic (exact) mass is 258 g/mol. The van der Waals surface area contributed by atoms with Crippen LogP contribution in [-0.4, -0.2) is 0 Å². The van der Waals surface area contributed by atoms with E-state index in [0.29, 0.717) is 12.0 Å². The second kappa shape index (κ2) is 5.95. The maximum atomic E-state index is 13.7. The molecule has 0 spiro atoms. The molecule has 2 aromatic rings. The summed E-state index contributed by atoms with van der Waals surface area (Å²) in [7, 11) is 0. The van der Waals surface area contributed by atoms with E-state index in [1.54, 1.807) is 12.1 Å². The Morgan fingerprint density at radius 2 is 1.68 bits per heavy atom. The molecule has 0 radical (unpaired) electrons. The molecule has 0 aliphatic heterocycles. The zero-order valence-corrected chi connectivity index (χ0v) is 11.3. The molecule has 2 aromatic carbocycles. The van der Waals surface area contributed by atoms with Gasteiger partial charge in [0.15, 0.2) is 0 Å². The molecule has 0 amide bonds. The van der Waals surface area contributed by atoms with Crippen molar-refractivity contribution in [1.29, 1.82) is 0 Å². The molecule has 0 aromatic heterocycles. The molecule has 100 valence electrons. The lowest BCUT2D eigenvalue weighted by Crippen LogP contribution is -2.31. The fraction of sp³-hybridized carbons (Fsp3) is 0.250. The van der Waals surface area contributed by atoms with Gasteiger partial charge in [0.25, 0.3) is 0 Å². The summed E-state index contributed by atoms with van der Waals surface area (Å²) >= 11 is 0. The molecular weight excluding hydrogens is 239 g/mol. The number of nitrogens with two attached hydrogens (primary N) is 1. The van der Waals surface area contributed by atoms with Crippen LogP contribution in [0.25, 0.3) is 0 Å². The molecule has 19 heavy (non-hydrogen) atoms. The average molecular weight is 258 g/mol. The van der Waals surface area contributed by atoms with E-state index in [-0.39, 0.29) is 11.9 Å². The number of benzene rings is 2. The molecule has 0 heterocycles. The lowest BCUT2D eigenvalue weighted by Gasteiger charge is -2.21. The number of hydrogen-bond acceptors (Lipinski definition) is 2. The van der Waals surface area contributed by atoms with Gasteiger partial charge in [-0.1, -0.05) is 36.4 Å². The minimum Gasteiger partial charge on any atom is -0.271 e. The van der Waals surface area contributed by atoms with Crippen LogP contribution < -0.4 is 11.3 Å². The molecule has 2 rings (SSSR count). The molecule has 1 atom stereocenters. The Morgan fingerprint density at radius 3 is 2.26 bits per heavy atom. The third-order valence-corrected chi connectivity index (χ3v) is 3.47. The lowest BCUT2D eigenvalue weighted by molar-refractivity contribution is 0.525. The molecule has 0 saturated carbocycles. The Morgan fingerprint density at radius 1 is 1.05 bits per heavy atom. The van der Waals surface area contributed by atoms with Crippen molar-refractivity contribution < 1.29 is 4.39 Å². The van der Waals surface area contributed by atoms with Crippen LogP contribution in [-0.2, 0) is 6.42 Å². The standard InChI is InChI=1S/C16H19FN2/c1-11-6-5-7-12(2)16(11)15(19-18)10-13-8-3-4-9-14(13)17/h3-9,15,19H,10,18H2,1-2H3. The predicted octanol–water partition coefficient (Wildman–Crippen LogP) is 3.19. The topological polar surface area (TPSA) is 38.0 Å². The van der Waals surface area contributed by atoms with Crippen LogP contribution in [0.4, 0.5) is 4.39 Å². The Kier molecular flexibility index (Phi) is 4.30. The number of halogens is 1. The predicted molar refractivity (Wildman–Crippen MR) is 76.1 cm³/mol. The summed E-state index contributed by atoms with van der Waals surface area (Å²) in [5.41, 5.74) is 6.96. The van der Waals surface area contributed by atoms with E-state index in [0.717, 1.165) is 5.56 Å². The van der Waals surface area contributed by atoms with E-state index >= 15 is 0 Å². The number of nitrogens with one attached hydrogen (secondary N) is 1. The van der Waals surface area contributed by atoms with Gasteiger partial charge in [0, 0.05) is 0 Å². The fourth-order valence-corrected chi connectivity index (χ4v) is 2.51. The van der Waals surface area contributed by atoms with Crippen molar-refractivity contribution in [2.24, 2.45) is 5.84 Å². The van der Waals surface area contributed by atoms with Crippen molar-refractivity contribution in [1.82, 2.24) is 5.43 Å². The van der Waals surface area contributed by atoms with Gasteiger partial charge in [-0.25, -0.2) is 4.39 Å². The highest BCUT2D eigenvalue weighted by Crippen LogP contribution is 2.25. The van der Waals surface area contributed by atoms with Crippen molar-refractivity contribution in [3.05, 3.63) is 70.5 Å². The molecule has 0 aliphatic carbocycles. The first kappa shape index (κ1) is 13.7. The van der Waals surface area contributed by atoms with Crippen LogP contribution in [0.2, 0.25) is 0 Å². The highest BCUT2D eigenvalue weighted by molar-refractivity contribution is 5.37. The smallest absolute Gasteiger partial charge is 0.126 e. The SMILES string of the molecule is Cc1cccc(C)c1C(Cc1ccccc1F)NN.